The van der Waals surface area contributed by atoms with Crippen LogP contribution >= 0.6 is 0 Å². The molecule has 0 aromatic heterocycles. The smallest absolute Gasteiger partial charge is 0.173 e. The highest BCUT2D eigenvalue weighted by molar-refractivity contribution is 5.14. The lowest BCUT2D eigenvalue weighted by molar-refractivity contribution is -0.316. The van der Waals surface area contributed by atoms with Crippen molar-refractivity contribution in [2.24, 2.45) is 5.92 Å². The van der Waals surface area contributed by atoms with Gasteiger partial charge in [-0.1, -0.05) is 49.6 Å². The molecular weight excluding hydrogens is 300 g/mol. The first-order chi connectivity index (χ1) is 11.8. The molecule has 1 saturated carbocycles. The molecule has 0 bridgehead atoms. The number of ether oxygens (including phenoxy) is 3. The number of methoxy groups -OCH3 is 2. The lowest BCUT2D eigenvalue weighted by atomic mass is 9.78. The summed E-state index contributed by atoms with van der Waals surface area (Å²) < 4.78 is 18.4. The third-order valence-corrected chi connectivity index (χ3v) is 5.91. The van der Waals surface area contributed by atoms with Gasteiger partial charge in [0.25, 0.3) is 0 Å². The van der Waals surface area contributed by atoms with E-state index in [2.05, 4.69) is 30.3 Å². The van der Waals surface area contributed by atoms with Crippen LogP contribution in [-0.2, 0) is 20.6 Å². The van der Waals surface area contributed by atoms with Crippen molar-refractivity contribution < 1.29 is 14.2 Å². The second-order valence-electron chi connectivity index (χ2n) is 7.41. The Morgan fingerprint density at radius 3 is 2.50 bits per heavy atom. The van der Waals surface area contributed by atoms with Crippen molar-refractivity contribution >= 4 is 0 Å². The largest absolute Gasteiger partial charge is 0.381 e. The minimum absolute atomic E-state index is 0.214. The van der Waals surface area contributed by atoms with Crippen LogP contribution in [0.1, 0.15) is 56.9 Å². The van der Waals surface area contributed by atoms with Crippen molar-refractivity contribution in [1.29, 1.82) is 0 Å². The summed E-state index contributed by atoms with van der Waals surface area (Å²) in [5.74, 6) is 0.0641. The zero-order valence-corrected chi connectivity index (χ0v) is 15.2. The van der Waals surface area contributed by atoms with Crippen LogP contribution in [0.25, 0.3) is 0 Å². The second-order valence-corrected chi connectivity index (χ2v) is 7.41. The van der Waals surface area contributed by atoms with E-state index < -0.39 is 5.79 Å². The number of benzene rings is 1. The highest BCUT2D eigenvalue weighted by Crippen LogP contribution is 2.43. The molecule has 3 rings (SSSR count). The van der Waals surface area contributed by atoms with E-state index in [0.717, 1.165) is 25.7 Å². The summed E-state index contributed by atoms with van der Waals surface area (Å²) >= 11 is 0. The van der Waals surface area contributed by atoms with Crippen molar-refractivity contribution in [2.45, 2.75) is 75.8 Å². The maximum absolute atomic E-state index is 6.61. The van der Waals surface area contributed by atoms with Crippen LogP contribution in [0.4, 0.5) is 0 Å². The summed E-state index contributed by atoms with van der Waals surface area (Å²) in [6.07, 6.45) is 10.7. The van der Waals surface area contributed by atoms with Gasteiger partial charge < -0.3 is 14.2 Å². The van der Waals surface area contributed by atoms with Gasteiger partial charge in [-0.15, -0.1) is 0 Å². The van der Waals surface area contributed by atoms with Gasteiger partial charge in [0.15, 0.2) is 5.79 Å². The van der Waals surface area contributed by atoms with Crippen LogP contribution in [0, 0.1) is 5.92 Å². The third-order valence-electron chi connectivity index (χ3n) is 5.91. The van der Waals surface area contributed by atoms with Gasteiger partial charge in [-0.25, -0.2) is 0 Å². The fraction of sp³-hybridized carbons (Fsp3) is 0.714. The van der Waals surface area contributed by atoms with Gasteiger partial charge in [-0.05, 0) is 31.2 Å². The Bertz CT molecular complexity index is 483. The molecule has 3 heteroatoms. The van der Waals surface area contributed by atoms with Gasteiger partial charge in [0, 0.05) is 33.0 Å². The molecule has 3 atom stereocenters. The van der Waals surface area contributed by atoms with Gasteiger partial charge in [0.1, 0.15) is 0 Å². The van der Waals surface area contributed by atoms with E-state index in [0.29, 0.717) is 5.92 Å². The zero-order chi connectivity index (χ0) is 16.8. The fourth-order valence-corrected chi connectivity index (χ4v) is 4.50. The number of aryl methyl sites for hydroxylation is 1. The molecule has 1 aromatic carbocycles. The molecule has 2 fully saturated rings. The Labute approximate surface area is 146 Å². The van der Waals surface area contributed by atoms with Crippen molar-refractivity contribution in [1.82, 2.24) is 0 Å². The first-order valence-corrected chi connectivity index (χ1v) is 9.55. The Morgan fingerprint density at radius 2 is 1.83 bits per heavy atom. The molecule has 0 radical (unpaired) electrons. The van der Waals surface area contributed by atoms with E-state index >= 15 is 0 Å². The van der Waals surface area contributed by atoms with Gasteiger partial charge in [-0.2, -0.15) is 0 Å². The summed E-state index contributed by atoms with van der Waals surface area (Å²) in [5, 5.41) is 0. The fourth-order valence-electron chi connectivity index (χ4n) is 4.50. The molecule has 1 heterocycles. The standard InChI is InChI=1S/C21H32O3/c1-22-20-15-19(14-13-17-9-5-3-6-10-17)24-21(16-20,23-2)18-11-7-4-8-12-18/h3,5-6,9-10,18-20H,4,7-8,11-16H2,1-2H3/t19-,20+,21-/m1/s1. The predicted molar refractivity (Wildman–Crippen MR) is 96.0 cm³/mol. The van der Waals surface area contributed by atoms with Crippen LogP contribution in [0.5, 0.6) is 0 Å². The lowest BCUT2D eigenvalue weighted by Gasteiger charge is -2.48. The lowest BCUT2D eigenvalue weighted by Crippen LogP contribution is -2.53. The predicted octanol–water partition coefficient (Wildman–Crippen LogP) is 4.74. The Morgan fingerprint density at radius 1 is 1.08 bits per heavy atom. The van der Waals surface area contributed by atoms with Crippen molar-refractivity contribution in [2.75, 3.05) is 14.2 Å². The second kappa shape index (κ2) is 8.46. The number of rotatable bonds is 6. The van der Waals surface area contributed by atoms with Crippen molar-refractivity contribution in [3.63, 3.8) is 0 Å². The molecule has 24 heavy (non-hydrogen) atoms. The van der Waals surface area contributed by atoms with Crippen molar-refractivity contribution in [3.05, 3.63) is 35.9 Å². The van der Waals surface area contributed by atoms with Crippen LogP contribution in [0.15, 0.2) is 30.3 Å². The first kappa shape index (κ1) is 17.9. The van der Waals surface area contributed by atoms with Crippen LogP contribution < -0.4 is 0 Å². The summed E-state index contributed by atoms with van der Waals surface area (Å²) in [6.45, 7) is 0. The van der Waals surface area contributed by atoms with Crippen LogP contribution in [0.2, 0.25) is 0 Å². The quantitative estimate of drug-likeness (QED) is 0.753. The Balaban J connectivity index is 1.68. The van der Waals surface area contributed by atoms with Gasteiger partial charge in [0.05, 0.1) is 12.2 Å². The molecule has 0 spiro atoms. The van der Waals surface area contributed by atoms with Crippen LogP contribution in [0.3, 0.4) is 0 Å². The molecule has 1 aliphatic carbocycles. The normalized spacial score (nSPS) is 31.9. The SMILES string of the molecule is CO[C@H]1C[C@@H](CCc2ccccc2)O[C@@](OC)(C2CCCCC2)C1. The topological polar surface area (TPSA) is 27.7 Å². The van der Waals surface area contributed by atoms with Gasteiger partial charge in [-0.3, -0.25) is 0 Å². The Hall–Kier alpha value is -0.900. The first-order valence-electron chi connectivity index (χ1n) is 9.55. The average molecular weight is 332 g/mol. The summed E-state index contributed by atoms with van der Waals surface area (Å²) in [6, 6.07) is 10.7. The van der Waals surface area contributed by atoms with E-state index in [1.54, 1.807) is 0 Å². The number of hydrogen-bond acceptors (Lipinski definition) is 3. The van der Waals surface area contributed by atoms with Gasteiger partial charge in [0.2, 0.25) is 0 Å². The molecule has 1 saturated heterocycles. The summed E-state index contributed by atoms with van der Waals surface area (Å²) in [7, 11) is 3.65. The maximum atomic E-state index is 6.61. The highest BCUT2D eigenvalue weighted by Gasteiger charge is 2.47. The Kier molecular flexibility index (Phi) is 6.31. The molecule has 1 aromatic rings. The maximum Gasteiger partial charge on any atom is 0.173 e. The molecule has 3 nitrogen and oxygen atoms in total. The molecule has 0 amide bonds. The number of hydrogen-bond donors (Lipinski definition) is 0. The molecule has 2 aliphatic rings. The van der Waals surface area contributed by atoms with E-state index in [1.807, 2.05) is 14.2 Å². The minimum Gasteiger partial charge on any atom is -0.381 e. The monoisotopic (exact) mass is 332 g/mol. The summed E-state index contributed by atoms with van der Waals surface area (Å²) in [4.78, 5) is 0. The van der Waals surface area contributed by atoms with Gasteiger partial charge >= 0.3 is 0 Å². The molecule has 134 valence electrons. The minimum atomic E-state index is -0.444. The van der Waals surface area contributed by atoms with E-state index in [1.165, 1.54) is 37.7 Å². The molecule has 0 N–H and O–H groups in total. The zero-order valence-electron chi connectivity index (χ0n) is 15.2. The van der Waals surface area contributed by atoms with Crippen molar-refractivity contribution in [3.8, 4) is 0 Å². The average Bonchev–Trinajstić information content (AvgIpc) is 2.67. The molecule has 0 unspecified atom stereocenters. The van der Waals surface area contributed by atoms with E-state index in [9.17, 15) is 0 Å². The third kappa shape index (κ3) is 4.19. The van der Waals surface area contributed by atoms with Crippen LogP contribution in [-0.4, -0.2) is 32.2 Å². The highest BCUT2D eigenvalue weighted by atomic mass is 16.7. The summed E-state index contributed by atoms with van der Waals surface area (Å²) in [5.41, 5.74) is 1.38. The molecule has 1 aliphatic heterocycles. The van der Waals surface area contributed by atoms with E-state index in [-0.39, 0.29) is 12.2 Å². The van der Waals surface area contributed by atoms with E-state index in [4.69, 9.17) is 14.2 Å². The molecular formula is C21H32O3.